The van der Waals surface area contributed by atoms with Crippen LogP contribution in [0.15, 0.2) is 24.3 Å². The maximum absolute atomic E-state index is 11.6. The van der Waals surface area contributed by atoms with Gasteiger partial charge in [-0.25, -0.2) is 0 Å². The number of rotatable bonds is 16. The summed E-state index contributed by atoms with van der Waals surface area (Å²) < 4.78 is 5.10. The molecule has 0 saturated heterocycles. The van der Waals surface area contributed by atoms with Crippen molar-refractivity contribution in [1.29, 1.82) is 0 Å². The first kappa shape index (κ1) is 22.9. The molecule has 1 atom stereocenters. The van der Waals surface area contributed by atoms with Crippen molar-refractivity contribution >= 4 is 5.97 Å². The smallest absolute Gasteiger partial charge is 0.305 e. The third-order valence-electron chi connectivity index (χ3n) is 3.92. The molecule has 1 N–H and O–H groups in total. The number of hydrogen-bond acceptors (Lipinski definition) is 3. The zero-order chi connectivity index (χ0) is 17.9. The van der Waals surface area contributed by atoms with E-state index in [0.29, 0.717) is 6.42 Å². The summed E-state index contributed by atoms with van der Waals surface area (Å²) in [6.45, 7) is 4.46. The van der Waals surface area contributed by atoms with Crippen molar-refractivity contribution in [2.45, 2.75) is 97.0 Å². The number of ether oxygens (including phenoxy) is 1. The van der Waals surface area contributed by atoms with Gasteiger partial charge in [-0.3, -0.25) is 4.79 Å². The first-order valence-electron chi connectivity index (χ1n) is 9.86. The second-order valence-corrected chi connectivity index (χ2v) is 6.40. The highest BCUT2D eigenvalue weighted by atomic mass is 16.5. The fourth-order valence-corrected chi connectivity index (χ4v) is 2.40. The Bertz CT molecular complexity index is 334. The Morgan fingerprint density at radius 3 is 2.33 bits per heavy atom. The minimum absolute atomic E-state index is 0.0609. The monoisotopic (exact) mass is 338 g/mol. The SMILES string of the molecule is CCCCCC=CCC=CC(O)COC(=O)CCCCCCCC. The van der Waals surface area contributed by atoms with Gasteiger partial charge in [0.15, 0.2) is 0 Å². The van der Waals surface area contributed by atoms with Crippen molar-refractivity contribution in [3.63, 3.8) is 0 Å². The Labute approximate surface area is 149 Å². The van der Waals surface area contributed by atoms with Gasteiger partial charge in [-0.1, -0.05) is 83.1 Å². The van der Waals surface area contributed by atoms with Crippen LogP contribution >= 0.6 is 0 Å². The molecule has 24 heavy (non-hydrogen) atoms. The highest BCUT2D eigenvalue weighted by molar-refractivity contribution is 5.69. The van der Waals surface area contributed by atoms with Crippen molar-refractivity contribution in [2.75, 3.05) is 6.61 Å². The summed E-state index contributed by atoms with van der Waals surface area (Å²) in [5.41, 5.74) is 0. The lowest BCUT2D eigenvalue weighted by Gasteiger charge is -2.07. The number of unbranched alkanes of at least 4 members (excludes halogenated alkanes) is 8. The van der Waals surface area contributed by atoms with Gasteiger partial charge in [-0.15, -0.1) is 0 Å². The van der Waals surface area contributed by atoms with Gasteiger partial charge in [0.1, 0.15) is 12.7 Å². The van der Waals surface area contributed by atoms with E-state index in [-0.39, 0.29) is 12.6 Å². The summed E-state index contributed by atoms with van der Waals surface area (Å²) in [5, 5.41) is 9.75. The van der Waals surface area contributed by atoms with E-state index in [1.807, 2.05) is 6.08 Å². The number of allylic oxidation sites excluding steroid dienone is 3. The minimum Gasteiger partial charge on any atom is -0.463 e. The molecule has 3 nitrogen and oxygen atoms in total. The van der Waals surface area contributed by atoms with Gasteiger partial charge < -0.3 is 9.84 Å². The van der Waals surface area contributed by atoms with Crippen molar-refractivity contribution in [3.8, 4) is 0 Å². The topological polar surface area (TPSA) is 46.5 Å². The summed E-state index contributed by atoms with van der Waals surface area (Å²) in [4.78, 5) is 11.6. The molecule has 0 rings (SSSR count). The molecule has 0 bridgehead atoms. The molecule has 1 unspecified atom stereocenters. The summed E-state index contributed by atoms with van der Waals surface area (Å²) in [6.07, 6.45) is 20.3. The number of hydrogen-bond donors (Lipinski definition) is 1. The van der Waals surface area contributed by atoms with E-state index < -0.39 is 6.10 Å². The van der Waals surface area contributed by atoms with Crippen LogP contribution in [0, 0.1) is 0 Å². The Morgan fingerprint density at radius 1 is 0.917 bits per heavy atom. The lowest BCUT2D eigenvalue weighted by atomic mass is 10.1. The van der Waals surface area contributed by atoms with Crippen LogP contribution < -0.4 is 0 Å². The maximum atomic E-state index is 11.6. The molecule has 0 fully saturated rings. The summed E-state index contributed by atoms with van der Waals surface area (Å²) in [6, 6.07) is 0. The molecule has 0 aromatic heterocycles. The predicted molar refractivity (Wildman–Crippen MR) is 102 cm³/mol. The highest BCUT2D eigenvalue weighted by Gasteiger charge is 2.05. The van der Waals surface area contributed by atoms with Gasteiger partial charge in [0.05, 0.1) is 0 Å². The first-order chi connectivity index (χ1) is 11.7. The summed E-state index contributed by atoms with van der Waals surface area (Å²) >= 11 is 0. The van der Waals surface area contributed by atoms with E-state index in [1.165, 1.54) is 44.9 Å². The van der Waals surface area contributed by atoms with E-state index in [0.717, 1.165) is 25.7 Å². The van der Waals surface area contributed by atoms with Crippen LogP contribution in [0.25, 0.3) is 0 Å². The van der Waals surface area contributed by atoms with Gasteiger partial charge in [-0.2, -0.15) is 0 Å². The normalized spacial score (nSPS) is 13.0. The summed E-state index contributed by atoms with van der Waals surface area (Å²) in [5.74, 6) is -0.200. The lowest BCUT2D eigenvalue weighted by Crippen LogP contribution is -2.16. The van der Waals surface area contributed by atoms with Crippen LogP contribution in [0.2, 0.25) is 0 Å². The molecule has 0 heterocycles. The van der Waals surface area contributed by atoms with Crippen molar-refractivity contribution < 1.29 is 14.6 Å². The number of carbonyl (C=O) groups is 1. The van der Waals surface area contributed by atoms with Crippen LogP contribution in [0.5, 0.6) is 0 Å². The van der Waals surface area contributed by atoms with Crippen LogP contribution in [0.1, 0.15) is 90.9 Å². The number of aliphatic hydroxyl groups excluding tert-OH is 1. The molecule has 0 aliphatic rings. The minimum atomic E-state index is -0.702. The number of carbonyl (C=O) groups excluding carboxylic acids is 1. The van der Waals surface area contributed by atoms with Crippen molar-refractivity contribution in [1.82, 2.24) is 0 Å². The molecular formula is C21H38O3. The maximum Gasteiger partial charge on any atom is 0.305 e. The van der Waals surface area contributed by atoms with E-state index in [1.54, 1.807) is 6.08 Å². The average molecular weight is 339 g/mol. The fraction of sp³-hybridized carbons (Fsp3) is 0.762. The van der Waals surface area contributed by atoms with E-state index in [9.17, 15) is 9.90 Å². The second kappa shape index (κ2) is 18.3. The Kier molecular flexibility index (Phi) is 17.4. The van der Waals surface area contributed by atoms with Crippen LogP contribution in [0.4, 0.5) is 0 Å². The Balaban J connectivity index is 3.53. The average Bonchev–Trinajstić information content (AvgIpc) is 2.58. The number of aliphatic hydroxyl groups is 1. The fourth-order valence-electron chi connectivity index (χ4n) is 2.40. The molecule has 0 saturated carbocycles. The van der Waals surface area contributed by atoms with Crippen molar-refractivity contribution in [3.05, 3.63) is 24.3 Å². The summed E-state index contributed by atoms with van der Waals surface area (Å²) in [7, 11) is 0. The zero-order valence-corrected chi connectivity index (χ0v) is 15.8. The zero-order valence-electron chi connectivity index (χ0n) is 15.8. The predicted octanol–water partition coefficient (Wildman–Crippen LogP) is 5.72. The molecule has 0 amide bonds. The van der Waals surface area contributed by atoms with Crippen molar-refractivity contribution in [2.24, 2.45) is 0 Å². The third kappa shape index (κ3) is 17.3. The molecule has 0 radical (unpaired) electrons. The van der Waals surface area contributed by atoms with Crippen LogP contribution in [0.3, 0.4) is 0 Å². The lowest BCUT2D eigenvalue weighted by molar-refractivity contribution is -0.145. The van der Waals surface area contributed by atoms with E-state index in [4.69, 9.17) is 4.74 Å². The third-order valence-corrected chi connectivity index (χ3v) is 3.92. The number of esters is 1. The largest absolute Gasteiger partial charge is 0.463 e. The first-order valence-corrected chi connectivity index (χ1v) is 9.86. The molecule has 0 aliphatic carbocycles. The van der Waals surface area contributed by atoms with Gasteiger partial charge in [-0.05, 0) is 25.7 Å². The molecular weight excluding hydrogens is 300 g/mol. The van der Waals surface area contributed by atoms with E-state index in [2.05, 4.69) is 26.0 Å². The standard InChI is InChI=1S/C21H38O3/c1-3-5-7-9-11-12-13-15-17-20(22)19-24-21(23)18-16-14-10-8-6-4-2/h11-12,15,17,20,22H,3-10,13-14,16,18-19H2,1-2H3. The molecule has 0 spiro atoms. The van der Waals surface area contributed by atoms with Gasteiger partial charge in [0, 0.05) is 6.42 Å². The van der Waals surface area contributed by atoms with Crippen LogP contribution in [-0.2, 0) is 9.53 Å². The molecule has 0 aromatic rings. The van der Waals surface area contributed by atoms with Crippen LogP contribution in [-0.4, -0.2) is 23.8 Å². The Morgan fingerprint density at radius 2 is 1.58 bits per heavy atom. The molecule has 0 aromatic carbocycles. The highest BCUT2D eigenvalue weighted by Crippen LogP contribution is 2.07. The van der Waals surface area contributed by atoms with Gasteiger partial charge >= 0.3 is 5.97 Å². The quantitative estimate of drug-likeness (QED) is 0.222. The van der Waals surface area contributed by atoms with Gasteiger partial charge in [0.25, 0.3) is 0 Å². The Hall–Kier alpha value is -1.09. The molecule has 140 valence electrons. The second-order valence-electron chi connectivity index (χ2n) is 6.40. The van der Waals surface area contributed by atoms with E-state index >= 15 is 0 Å². The molecule has 0 aliphatic heterocycles. The molecule has 3 heteroatoms. The van der Waals surface area contributed by atoms with Gasteiger partial charge in [0.2, 0.25) is 0 Å².